The van der Waals surface area contributed by atoms with Crippen molar-refractivity contribution in [2.45, 2.75) is 13.0 Å². The van der Waals surface area contributed by atoms with Crippen LogP contribution in [0.15, 0.2) is 41.8 Å². The molecule has 0 aliphatic rings. The Hall–Kier alpha value is -1.82. The molecule has 0 spiro atoms. The van der Waals surface area contributed by atoms with Crippen molar-refractivity contribution < 1.29 is 14.3 Å². The van der Waals surface area contributed by atoms with Crippen molar-refractivity contribution in [1.29, 1.82) is 0 Å². The molecule has 0 saturated heterocycles. The van der Waals surface area contributed by atoms with Crippen molar-refractivity contribution in [3.8, 4) is 0 Å². The molecule has 120 valence electrons. The largest absolute Gasteiger partial charge is 0.449 e. The van der Waals surface area contributed by atoms with Crippen LogP contribution in [0.25, 0.3) is 6.08 Å². The van der Waals surface area contributed by atoms with E-state index in [9.17, 15) is 9.59 Å². The van der Waals surface area contributed by atoms with Gasteiger partial charge in [-0.3, -0.25) is 4.79 Å². The number of esters is 1. The van der Waals surface area contributed by atoms with Gasteiger partial charge in [0.15, 0.2) is 6.10 Å². The summed E-state index contributed by atoms with van der Waals surface area (Å²) >= 11 is 13.3. The highest BCUT2D eigenvalue weighted by Gasteiger charge is 2.17. The van der Waals surface area contributed by atoms with E-state index in [-0.39, 0.29) is 0 Å². The maximum absolute atomic E-state index is 12.0. The predicted octanol–water partition coefficient (Wildman–Crippen LogP) is 4.64. The molecule has 0 aliphatic carbocycles. The number of benzene rings is 1. The molecule has 0 bridgehead atoms. The van der Waals surface area contributed by atoms with Crippen LogP contribution in [-0.4, -0.2) is 18.0 Å². The summed E-state index contributed by atoms with van der Waals surface area (Å²) in [5, 5.41) is 5.25. The van der Waals surface area contributed by atoms with Crippen LogP contribution in [-0.2, 0) is 14.3 Å². The van der Waals surface area contributed by atoms with Crippen LogP contribution < -0.4 is 5.32 Å². The Kier molecular flexibility index (Phi) is 6.21. The first-order valence-electron chi connectivity index (χ1n) is 6.64. The van der Waals surface area contributed by atoms with Gasteiger partial charge in [-0.15, -0.1) is 11.3 Å². The Bertz CT molecular complexity index is 729. The minimum absolute atomic E-state index is 0.346. The molecule has 4 nitrogen and oxygen atoms in total. The summed E-state index contributed by atoms with van der Waals surface area (Å²) in [6.45, 7) is 1.48. The smallest absolute Gasteiger partial charge is 0.331 e. The lowest BCUT2D eigenvalue weighted by Gasteiger charge is -2.13. The molecule has 0 radical (unpaired) electrons. The van der Waals surface area contributed by atoms with Gasteiger partial charge in [0.2, 0.25) is 0 Å². The van der Waals surface area contributed by atoms with Crippen LogP contribution in [0.1, 0.15) is 11.8 Å². The van der Waals surface area contributed by atoms with Gasteiger partial charge in [0.05, 0.1) is 10.7 Å². The lowest BCUT2D eigenvalue weighted by molar-refractivity contribution is -0.148. The monoisotopic (exact) mass is 369 g/mol. The second kappa shape index (κ2) is 8.15. The third kappa shape index (κ3) is 5.39. The number of rotatable bonds is 5. The quantitative estimate of drug-likeness (QED) is 0.616. The van der Waals surface area contributed by atoms with E-state index in [1.165, 1.54) is 30.4 Å². The SMILES string of the molecule is C[C@H](OC(=O)/C=C/c1cccs1)C(=O)Nc1cc(Cl)ccc1Cl. The van der Waals surface area contributed by atoms with E-state index in [2.05, 4.69) is 5.32 Å². The van der Waals surface area contributed by atoms with Crippen molar-refractivity contribution in [1.82, 2.24) is 0 Å². The van der Waals surface area contributed by atoms with E-state index in [4.69, 9.17) is 27.9 Å². The number of nitrogens with one attached hydrogen (secondary N) is 1. The fourth-order valence-electron chi connectivity index (χ4n) is 1.63. The summed E-state index contributed by atoms with van der Waals surface area (Å²) in [6.07, 6.45) is 1.94. The number of hydrogen-bond donors (Lipinski definition) is 1. The Morgan fingerprint density at radius 1 is 1.30 bits per heavy atom. The van der Waals surface area contributed by atoms with E-state index < -0.39 is 18.0 Å². The van der Waals surface area contributed by atoms with Crippen LogP contribution in [0.3, 0.4) is 0 Å². The molecule has 0 saturated carbocycles. The highest BCUT2D eigenvalue weighted by atomic mass is 35.5. The lowest BCUT2D eigenvalue weighted by atomic mass is 10.3. The van der Waals surface area contributed by atoms with Crippen LogP contribution in [0.4, 0.5) is 5.69 Å². The van der Waals surface area contributed by atoms with E-state index in [1.807, 2.05) is 17.5 Å². The maximum atomic E-state index is 12.0. The zero-order valence-corrected chi connectivity index (χ0v) is 14.4. The number of carbonyl (C=O) groups is 2. The standard InChI is InChI=1S/C16H13Cl2NO3S/c1-10(22-15(20)7-5-12-3-2-8-23-12)16(21)19-14-9-11(17)4-6-13(14)18/h2-10H,1H3,(H,19,21)/b7-5+/t10-/m0/s1. The summed E-state index contributed by atoms with van der Waals surface area (Å²) in [5.74, 6) is -1.09. The van der Waals surface area contributed by atoms with Gasteiger partial charge >= 0.3 is 5.97 Å². The zero-order valence-electron chi connectivity index (χ0n) is 12.1. The molecule has 0 aliphatic heterocycles. The zero-order chi connectivity index (χ0) is 16.8. The molecule has 1 aromatic carbocycles. The minimum Gasteiger partial charge on any atom is -0.449 e. The van der Waals surface area contributed by atoms with Gasteiger partial charge in [-0.25, -0.2) is 4.79 Å². The summed E-state index contributed by atoms with van der Waals surface area (Å²) in [4.78, 5) is 24.6. The first-order valence-corrected chi connectivity index (χ1v) is 8.27. The number of ether oxygens (including phenoxy) is 1. The third-order valence-electron chi connectivity index (χ3n) is 2.78. The van der Waals surface area contributed by atoms with Crippen molar-refractivity contribution in [2.75, 3.05) is 5.32 Å². The molecule has 1 aromatic heterocycles. The Labute approximate surface area is 147 Å². The topological polar surface area (TPSA) is 55.4 Å². The molecular weight excluding hydrogens is 357 g/mol. The van der Waals surface area contributed by atoms with E-state index in [1.54, 1.807) is 18.2 Å². The van der Waals surface area contributed by atoms with Crippen LogP contribution in [0.5, 0.6) is 0 Å². The van der Waals surface area contributed by atoms with Gasteiger partial charge in [0.25, 0.3) is 5.91 Å². The number of carbonyl (C=O) groups excluding carboxylic acids is 2. The van der Waals surface area contributed by atoms with Crippen LogP contribution >= 0.6 is 34.5 Å². The first kappa shape index (κ1) is 17.5. The molecule has 0 unspecified atom stereocenters. The molecule has 1 heterocycles. The highest BCUT2D eigenvalue weighted by molar-refractivity contribution is 7.10. The fraction of sp³-hybridized carbons (Fsp3) is 0.125. The summed E-state index contributed by atoms with van der Waals surface area (Å²) in [7, 11) is 0. The number of thiophene rings is 1. The average Bonchev–Trinajstić information content (AvgIpc) is 3.02. The maximum Gasteiger partial charge on any atom is 0.331 e. The van der Waals surface area contributed by atoms with Gasteiger partial charge < -0.3 is 10.1 Å². The van der Waals surface area contributed by atoms with Crippen molar-refractivity contribution in [2.24, 2.45) is 0 Å². The number of halogens is 2. The van der Waals surface area contributed by atoms with Gasteiger partial charge in [-0.1, -0.05) is 29.3 Å². The Balaban J connectivity index is 1.92. The average molecular weight is 370 g/mol. The van der Waals surface area contributed by atoms with Gasteiger partial charge in [0, 0.05) is 16.0 Å². The minimum atomic E-state index is -0.967. The second-order valence-electron chi connectivity index (χ2n) is 4.54. The summed E-state index contributed by atoms with van der Waals surface area (Å²) < 4.78 is 5.04. The van der Waals surface area contributed by atoms with Gasteiger partial charge in [0.1, 0.15) is 0 Å². The first-order chi connectivity index (χ1) is 11.0. The highest BCUT2D eigenvalue weighted by Crippen LogP contribution is 2.25. The second-order valence-corrected chi connectivity index (χ2v) is 6.36. The third-order valence-corrected chi connectivity index (χ3v) is 4.18. The van der Waals surface area contributed by atoms with E-state index >= 15 is 0 Å². The molecule has 1 N–H and O–H groups in total. The number of hydrogen-bond acceptors (Lipinski definition) is 4. The predicted molar refractivity (Wildman–Crippen MR) is 94.0 cm³/mol. The Morgan fingerprint density at radius 2 is 2.09 bits per heavy atom. The van der Waals surface area contributed by atoms with Gasteiger partial charge in [-0.2, -0.15) is 0 Å². The van der Waals surface area contributed by atoms with E-state index in [0.29, 0.717) is 15.7 Å². The molecule has 2 rings (SSSR count). The molecule has 2 aromatic rings. The summed E-state index contributed by atoms with van der Waals surface area (Å²) in [5.41, 5.74) is 0.362. The van der Waals surface area contributed by atoms with Crippen LogP contribution in [0.2, 0.25) is 10.0 Å². The van der Waals surface area contributed by atoms with Gasteiger partial charge in [-0.05, 0) is 42.6 Å². The fourth-order valence-corrected chi connectivity index (χ4v) is 2.59. The molecular formula is C16H13Cl2NO3S. The van der Waals surface area contributed by atoms with Crippen LogP contribution in [0, 0.1) is 0 Å². The van der Waals surface area contributed by atoms with Crippen molar-refractivity contribution >= 4 is 58.2 Å². The lowest BCUT2D eigenvalue weighted by Crippen LogP contribution is -2.29. The van der Waals surface area contributed by atoms with Crippen molar-refractivity contribution in [3.63, 3.8) is 0 Å². The molecule has 0 fully saturated rings. The molecule has 23 heavy (non-hydrogen) atoms. The molecule has 1 atom stereocenters. The number of amides is 1. The Morgan fingerprint density at radius 3 is 2.78 bits per heavy atom. The number of anilines is 1. The summed E-state index contributed by atoms with van der Waals surface area (Å²) in [6, 6.07) is 8.44. The molecule has 7 heteroatoms. The molecule has 1 amide bonds. The van der Waals surface area contributed by atoms with E-state index in [0.717, 1.165) is 4.88 Å². The normalized spacial score (nSPS) is 12.1. The van der Waals surface area contributed by atoms with Crippen molar-refractivity contribution in [3.05, 3.63) is 56.7 Å².